The van der Waals surface area contributed by atoms with Crippen LogP contribution in [0.1, 0.15) is 19.7 Å². The molecule has 4 nitrogen and oxygen atoms in total. The minimum absolute atomic E-state index is 0.462. The summed E-state index contributed by atoms with van der Waals surface area (Å²) in [7, 11) is 0. The highest BCUT2D eigenvalue weighted by atomic mass is 79.9. The first-order valence-corrected chi connectivity index (χ1v) is 7.65. The van der Waals surface area contributed by atoms with Gasteiger partial charge in [0, 0.05) is 33.5 Å². The van der Waals surface area contributed by atoms with Crippen molar-refractivity contribution in [3.8, 4) is 11.5 Å². The summed E-state index contributed by atoms with van der Waals surface area (Å²) < 4.78 is 7.60. The Labute approximate surface area is 129 Å². The van der Waals surface area contributed by atoms with Crippen LogP contribution in [0, 0.1) is 0 Å². The highest BCUT2D eigenvalue weighted by Gasteiger charge is 2.10. The molecule has 0 amide bonds. The number of nitrogens with zero attached hydrogens (tertiary/aromatic N) is 2. The second-order valence-electron chi connectivity index (χ2n) is 4.52. The number of hydrogen-bond donors (Lipinski definition) is 1. The summed E-state index contributed by atoms with van der Waals surface area (Å²) in [4.78, 5) is 0. The van der Waals surface area contributed by atoms with Gasteiger partial charge in [0.15, 0.2) is 0 Å². The van der Waals surface area contributed by atoms with E-state index >= 15 is 0 Å². The van der Waals surface area contributed by atoms with Crippen LogP contribution >= 0.6 is 31.9 Å². The van der Waals surface area contributed by atoms with Crippen LogP contribution in [0.25, 0.3) is 11.5 Å². The summed E-state index contributed by atoms with van der Waals surface area (Å²) in [5, 5.41) is 11.5. The molecule has 0 unspecified atom stereocenters. The van der Waals surface area contributed by atoms with Crippen molar-refractivity contribution < 1.29 is 4.42 Å². The second-order valence-corrected chi connectivity index (χ2v) is 6.35. The van der Waals surface area contributed by atoms with Crippen molar-refractivity contribution in [3.05, 3.63) is 33.0 Å². The number of benzene rings is 1. The monoisotopic (exact) mass is 387 g/mol. The largest absolute Gasteiger partial charge is 0.421 e. The van der Waals surface area contributed by atoms with Gasteiger partial charge in [-0.1, -0.05) is 45.7 Å². The summed E-state index contributed by atoms with van der Waals surface area (Å²) >= 11 is 6.89. The fourth-order valence-corrected chi connectivity index (χ4v) is 2.91. The van der Waals surface area contributed by atoms with Gasteiger partial charge in [-0.15, -0.1) is 10.2 Å². The van der Waals surface area contributed by atoms with E-state index in [2.05, 4.69) is 61.2 Å². The molecule has 0 bridgehead atoms. The van der Waals surface area contributed by atoms with Crippen LogP contribution in [0.2, 0.25) is 0 Å². The fraction of sp³-hybridized carbons (Fsp3) is 0.385. The third-order valence-corrected chi connectivity index (χ3v) is 3.38. The minimum atomic E-state index is 0.462. The standard InChI is InChI=1S/C13H15Br2N3O/c1-8(2)16-4-3-12-17-18-13(19-12)9-5-10(14)7-11(15)6-9/h5-8,16H,3-4H2,1-2H3. The van der Waals surface area contributed by atoms with Gasteiger partial charge < -0.3 is 9.73 Å². The maximum Gasteiger partial charge on any atom is 0.247 e. The van der Waals surface area contributed by atoms with Crippen LogP contribution in [-0.2, 0) is 6.42 Å². The second kappa shape index (κ2) is 6.63. The van der Waals surface area contributed by atoms with E-state index < -0.39 is 0 Å². The van der Waals surface area contributed by atoms with Crippen LogP contribution in [0.5, 0.6) is 0 Å². The van der Waals surface area contributed by atoms with Crippen LogP contribution in [0.15, 0.2) is 31.6 Å². The van der Waals surface area contributed by atoms with E-state index in [-0.39, 0.29) is 0 Å². The van der Waals surface area contributed by atoms with E-state index in [1.54, 1.807) is 0 Å². The molecule has 0 aliphatic carbocycles. The molecule has 102 valence electrons. The van der Waals surface area contributed by atoms with E-state index in [1.807, 2.05) is 18.2 Å². The third-order valence-electron chi connectivity index (χ3n) is 2.47. The molecule has 1 N–H and O–H groups in total. The zero-order valence-electron chi connectivity index (χ0n) is 10.8. The van der Waals surface area contributed by atoms with Crippen molar-refractivity contribution in [2.24, 2.45) is 0 Å². The topological polar surface area (TPSA) is 51.0 Å². The van der Waals surface area contributed by atoms with Crippen LogP contribution < -0.4 is 5.32 Å². The molecular formula is C13H15Br2N3O. The molecule has 19 heavy (non-hydrogen) atoms. The highest BCUT2D eigenvalue weighted by Crippen LogP contribution is 2.26. The Morgan fingerprint density at radius 1 is 1.16 bits per heavy atom. The van der Waals surface area contributed by atoms with E-state index in [9.17, 15) is 0 Å². The first-order chi connectivity index (χ1) is 9.04. The lowest BCUT2D eigenvalue weighted by Crippen LogP contribution is -2.25. The number of hydrogen-bond acceptors (Lipinski definition) is 4. The maximum absolute atomic E-state index is 5.66. The SMILES string of the molecule is CC(C)NCCc1nnc(-c2cc(Br)cc(Br)c2)o1. The van der Waals surface area contributed by atoms with E-state index in [4.69, 9.17) is 4.42 Å². The number of aromatic nitrogens is 2. The first kappa shape index (κ1) is 14.7. The van der Waals surface area contributed by atoms with Gasteiger partial charge in [0.25, 0.3) is 0 Å². The highest BCUT2D eigenvalue weighted by molar-refractivity contribution is 9.11. The van der Waals surface area contributed by atoms with Crippen molar-refractivity contribution in [1.29, 1.82) is 0 Å². The van der Waals surface area contributed by atoms with E-state index in [1.165, 1.54) is 0 Å². The smallest absolute Gasteiger partial charge is 0.247 e. The van der Waals surface area contributed by atoms with Gasteiger partial charge in [0.2, 0.25) is 11.8 Å². The minimum Gasteiger partial charge on any atom is -0.421 e. The van der Waals surface area contributed by atoms with Crippen LogP contribution in [0.3, 0.4) is 0 Å². The predicted molar refractivity (Wildman–Crippen MR) is 82.0 cm³/mol. The lowest BCUT2D eigenvalue weighted by molar-refractivity contribution is 0.484. The molecule has 0 saturated heterocycles. The van der Waals surface area contributed by atoms with Gasteiger partial charge in [-0.05, 0) is 18.2 Å². The van der Waals surface area contributed by atoms with E-state index in [0.717, 1.165) is 27.5 Å². The Morgan fingerprint density at radius 3 is 2.47 bits per heavy atom. The predicted octanol–water partition coefficient (Wildman–Crippen LogP) is 3.80. The molecule has 6 heteroatoms. The lowest BCUT2D eigenvalue weighted by Gasteiger charge is -2.04. The lowest BCUT2D eigenvalue weighted by atomic mass is 10.2. The van der Waals surface area contributed by atoms with Gasteiger partial charge in [-0.2, -0.15) is 0 Å². The Bertz CT molecular complexity index is 534. The molecule has 0 spiro atoms. The fourth-order valence-electron chi connectivity index (χ4n) is 1.62. The van der Waals surface area contributed by atoms with Crippen LogP contribution in [-0.4, -0.2) is 22.8 Å². The zero-order chi connectivity index (χ0) is 13.8. The van der Waals surface area contributed by atoms with Crippen molar-refractivity contribution in [1.82, 2.24) is 15.5 Å². The Morgan fingerprint density at radius 2 is 1.84 bits per heavy atom. The van der Waals surface area contributed by atoms with Crippen molar-refractivity contribution >= 4 is 31.9 Å². The Balaban J connectivity index is 2.07. The first-order valence-electron chi connectivity index (χ1n) is 6.07. The van der Waals surface area contributed by atoms with E-state index in [0.29, 0.717) is 17.8 Å². The molecule has 0 radical (unpaired) electrons. The number of nitrogens with one attached hydrogen (secondary N) is 1. The molecule has 0 aliphatic heterocycles. The molecule has 1 aromatic heterocycles. The Kier molecular flexibility index (Phi) is 5.13. The molecule has 1 aromatic carbocycles. The Hall–Kier alpha value is -0.720. The van der Waals surface area contributed by atoms with Gasteiger partial charge in [0.05, 0.1) is 0 Å². The molecule has 0 atom stereocenters. The number of rotatable bonds is 5. The maximum atomic E-state index is 5.66. The summed E-state index contributed by atoms with van der Waals surface area (Å²) in [6.45, 7) is 5.05. The average Bonchev–Trinajstić information content (AvgIpc) is 2.76. The normalized spacial score (nSPS) is 11.2. The van der Waals surface area contributed by atoms with Gasteiger partial charge >= 0.3 is 0 Å². The zero-order valence-corrected chi connectivity index (χ0v) is 14.0. The average molecular weight is 389 g/mol. The quantitative estimate of drug-likeness (QED) is 0.846. The van der Waals surface area contributed by atoms with Crippen molar-refractivity contribution in [2.45, 2.75) is 26.3 Å². The molecule has 2 aromatic rings. The summed E-state index contributed by atoms with van der Waals surface area (Å²) in [5.74, 6) is 1.20. The molecule has 1 heterocycles. The van der Waals surface area contributed by atoms with Crippen molar-refractivity contribution in [3.63, 3.8) is 0 Å². The summed E-state index contributed by atoms with van der Waals surface area (Å²) in [5.41, 5.74) is 0.900. The van der Waals surface area contributed by atoms with Gasteiger partial charge in [0.1, 0.15) is 0 Å². The third kappa shape index (κ3) is 4.40. The van der Waals surface area contributed by atoms with Gasteiger partial charge in [-0.25, -0.2) is 0 Å². The molecule has 0 fully saturated rings. The molecule has 2 rings (SSSR count). The molecular weight excluding hydrogens is 374 g/mol. The molecule has 0 aliphatic rings. The molecule has 0 saturated carbocycles. The van der Waals surface area contributed by atoms with Crippen LogP contribution in [0.4, 0.5) is 0 Å². The van der Waals surface area contributed by atoms with Gasteiger partial charge in [-0.3, -0.25) is 0 Å². The summed E-state index contributed by atoms with van der Waals surface area (Å²) in [6, 6.07) is 6.33. The summed E-state index contributed by atoms with van der Waals surface area (Å²) in [6.07, 6.45) is 0.736. The van der Waals surface area contributed by atoms with Crippen molar-refractivity contribution in [2.75, 3.05) is 6.54 Å². The number of halogens is 2.